The van der Waals surface area contributed by atoms with Crippen LogP contribution < -0.4 is 16.2 Å². The van der Waals surface area contributed by atoms with Crippen molar-refractivity contribution in [1.29, 1.82) is 0 Å². The second-order valence-corrected chi connectivity index (χ2v) is 6.72. The molecule has 2 N–H and O–H groups in total. The van der Waals surface area contributed by atoms with Crippen LogP contribution in [0.25, 0.3) is 5.69 Å². The summed E-state index contributed by atoms with van der Waals surface area (Å²) in [7, 11) is 1.54. The Balaban J connectivity index is 1.76. The summed E-state index contributed by atoms with van der Waals surface area (Å²) < 4.78 is 6.28. The van der Waals surface area contributed by atoms with E-state index in [0.717, 1.165) is 5.56 Å². The van der Waals surface area contributed by atoms with Crippen molar-refractivity contribution in [2.24, 2.45) is 0 Å². The van der Waals surface area contributed by atoms with Crippen LogP contribution >= 0.6 is 0 Å². The highest BCUT2D eigenvalue weighted by Crippen LogP contribution is 2.14. The minimum Gasteiger partial charge on any atom is -0.383 e. The number of rotatable bonds is 7. The second kappa shape index (κ2) is 9.67. The molecule has 1 aromatic heterocycles. The molecule has 0 radical (unpaired) electrons. The summed E-state index contributed by atoms with van der Waals surface area (Å²) >= 11 is 0. The predicted octanol–water partition coefficient (Wildman–Crippen LogP) is 2.77. The van der Waals surface area contributed by atoms with Crippen LogP contribution in [0.5, 0.6) is 0 Å². The molecule has 0 atom stereocenters. The highest BCUT2D eigenvalue weighted by molar-refractivity contribution is 6.04. The molecule has 0 aliphatic rings. The highest BCUT2D eigenvalue weighted by atomic mass is 16.5. The fourth-order valence-electron chi connectivity index (χ4n) is 2.93. The Morgan fingerprint density at radius 3 is 2.47 bits per heavy atom. The first-order valence-corrected chi connectivity index (χ1v) is 9.47. The summed E-state index contributed by atoms with van der Waals surface area (Å²) in [6.07, 6.45) is 1.59. The monoisotopic (exact) mass is 405 g/mol. The molecule has 7 heteroatoms. The van der Waals surface area contributed by atoms with Gasteiger partial charge in [-0.25, -0.2) is 0 Å². The molecular weight excluding hydrogens is 382 g/mol. The van der Waals surface area contributed by atoms with Gasteiger partial charge in [0, 0.05) is 36.8 Å². The summed E-state index contributed by atoms with van der Waals surface area (Å²) in [5.41, 5.74) is 2.38. The summed E-state index contributed by atoms with van der Waals surface area (Å²) in [4.78, 5) is 37.3. The van der Waals surface area contributed by atoms with Crippen molar-refractivity contribution in [3.05, 3.63) is 93.9 Å². The zero-order valence-electron chi connectivity index (χ0n) is 16.8. The van der Waals surface area contributed by atoms with Gasteiger partial charge in [0.2, 0.25) is 0 Å². The van der Waals surface area contributed by atoms with Crippen LogP contribution in [0.4, 0.5) is 5.69 Å². The van der Waals surface area contributed by atoms with Gasteiger partial charge in [0.1, 0.15) is 5.56 Å². The first kappa shape index (κ1) is 21.0. The number of ether oxygens (including phenoxy) is 1. The molecule has 3 rings (SSSR count). The number of amides is 2. The Morgan fingerprint density at radius 2 is 1.77 bits per heavy atom. The van der Waals surface area contributed by atoms with Gasteiger partial charge >= 0.3 is 0 Å². The Bertz CT molecular complexity index is 1100. The molecule has 1 heterocycles. The SMILES string of the molecule is COCCNC(=O)c1cccn(-c2ccc(NC(=O)c3cccc(C)c3)cc2)c1=O. The van der Waals surface area contributed by atoms with Crippen LogP contribution in [-0.4, -0.2) is 36.6 Å². The maximum atomic E-state index is 12.7. The zero-order chi connectivity index (χ0) is 21.5. The molecule has 0 fully saturated rings. The molecular formula is C23H23N3O4. The van der Waals surface area contributed by atoms with Crippen molar-refractivity contribution in [1.82, 2.24) is 9.88 Å². The third-order valence-electron chi connectivity index (χ3n) is 4.47. The molecule has 0 saturated heterocycles. The third kappa shape index (κ3) is 5.01. The second-order valence-electron chi connectivity index (χ2n) is 6.72. The van der Waals surface area contributed by atoms with E-state index in [1.807, 2.05) is 25.1 Å². The Labute approximate surface area is 174 Å². The lowest BCUT2D eigenvalue weighted by molar-refractivity contribution is 0.0934. The summed E-state index contributed by atoms with van der Waals surface area (Å²) in [5, 5.41) is 5.48. The van der Waals surface area contributed by atoms with E-state index in [4.69, 9.17) is 4.74 Å². The van der Waals surface area contributed by atoms with Gasteiger partial charge in [-0.15, -0.1) is 0 Å². The van der Waals surface area contributed by atoms with Crippen molar-refractivity contribution in [2.45, 2.75) is 6.92 Å². The van der Waals surface area contributed by atoms with Gasteiger partial charge in [-0.1, -0.05) is 17.7 Å². The number of methoxy groups -OCH3 is 1. The molecule has 0 aliphatic heterocycles. The lowest BCUT2D eigenvalue weighted by atomic mass is 10.1. The molecule has 0 spiro atoms. The quantitative estimate of drug-likeness (QED) is 0.592. The van der Waals surface area contributed by atoms with E-state index in [2.05, 4.69) is 10.6 Å². The van der Waals surface area contributed by atoms with Crippen molar-refractivity contribution in [3.63, 3.8) is 0 Å². The molecule has 0 aliphatic carbocycles. The van der Waals surface area contributed by atoms with Gasteiger partial charge in [0.05, 0.1) is 6.61 Å². The number of pyridine rings is 1. The fraction of sp³-hybridized carbons (Fsp3) is 0.174. The van der Waals surface area contributed by atoms with Gasteiger partial charge in [0.25, 0.3) is 17.4 Å². The predicted molar refractivity (Wildman–Crippen MR) is 115 cm³/mol. The number of anilines is 1. The topological polar surface area (TPSA) is 89.4 Å². The van der Waals surface area contributed by atoms with Gasteiger partial charge in [-0.05, 0) is 55.5 Å². The molecule has 2 amide bonds. The number of carbonyl (C=O) groups excluding carboxylic acids is 2. The van der Waals surface area contributed by atoms with Crippen LogP contribution in [-0.2, 0) is 4.74 Å². The number of hydrogen-bond acceptors (Lipinski definition) is 4. The molecule has 0 unspecified atom stereocenters. The number of aromatic nitrogens is 1. The first-order chi connectivity index (χ1) is 14.5. The molecule has 154 valence electrons. The van der Waals surface area contributed by atoms with Gasteiger partial charge in [-0.2, -0.15) is 0 Å². The molecule has 3 aromatic rings. The lowest BCUT2D eigenvalue weighted by Crippen LogP contribution is -2.33. The van der Waals surface area contributed by atoms with E-state index in [1.54, 1.807) is 42.6 Å². The van der Waals surface area contributed by atoms with Crippen LogP contribution in [0, 0.1) is 6.92 Å². The van der Waals surface area contributed by atoms with Crippen LogP contribution in [0.3, 0.4) is 0 Å². The molecule has 0 saturated carbocycles. The summed E-state index contributed by atoms with van der Waals surface area (Å²) in [6.45, 7) is 2.61. The Morgan fingerprint density at radius 1 is 1.00 bits per heavy atom. The minimum atomic E-state index is -0.451. The van der Waals surface area contributed by atoms with Crippen molar-refractivity contribution < 1.29 is 14.3 Å². The van der Waals surface area contributed by atoms with Crippen molar-refractivity contribution in [3.8, 4) is 5.69 Å². The number of hydrogen-bond donors (Lipinski definition) is 2. The lowest BCUT2D eigenvalue weighted by Gasteiger charge is -2.10. The van der Waals surface area contributed by atoms with Crippen molar-refractivity contribution >= 4 is 17.5 Å². The van der Waals surface area contributed by atoms with E-state index >= 15 is 0 Å². The average molecular weight is 405 g/mol. The molecule has 0 bridgehead atoms. The third-order valence-corrected chi connectivity index (χ3v) is 4.47. The Kier molecular flexibility index (Phi) is 6.77. The maximum Gasteiger partial charge on any atom is 0.267 e. The number of benzene rings is 2. The number of nitrogens with one attached hydrogen (secondary N) is 2. The van der Waals surface area contributed by atoms with E-state index < -0.39 is 11.5 Å². The van der Waals surface area contributed by atoms with Crippen LogP contribution in [0.2, 0.25) is 0 Å². The standard InChI is InChI=1S/C23H23N3O4/c1-16-5-3-6-17(15-16)21(27)25-18-8-10-19(11-9-18)26-13-4-7-20(23(26)29)22(28)24-12-14-30-2/h3-11,13,15H,12,14H2,1-2H3,(H,24,28)(H,25,27). The average Bonchev–Trinajstić information content (AvgIpc) is 2.74. The van der Waals surface area contributed by atoms with E-state index in [0.29, 0.717) is 30.1 Å². The molecule has 30 heavy (non-hydrogen) atoms. The van der Waals surface area contributed by atoms with Crippen LogP contribution in [0.1, 0.15) is 26.3 Å². The van der Waals surface area contributed by atoms with E-state index in [1.165, 1.54) is 17.7 Å². The highest BCUT2D eigenvalue weighted by Gasteiger charge is 2.13. The fourth-order valence-corrected chi connectivity index (χ4v) is 2.93. The maximum absolute atomic E-state index is 12.7. The van der Waals surface area contributed by atoms with Crippen LogP contribution in [0.15, 0.2) is 71.7 Å². The Hall–Kier alpha value is -3.71. The largest absolute Gasteiger partial charge is 0.383 e. The van der Waals surface area contributed by atoms with Gasteiger partial charge < -0.3 is 15.4 Å². The number of aryl methyl sites for hydroxylation is 1. The number of nitrogens with zero attached hydrogens (tertiary/aromatic N) is 1. The van der Waals surface area contributed by atoms with Crippen molar-refractivity contribution in [2.75, 3.05) is 25.6 Å². The van der Waals surface area contributed by atoms with Gasteiger partial charge in [-0.3, -0.25) is 19.0 Å². The zero-order valence-corrected chi connectivity index (χ0v) is 16.8. The van der Waals surface area contributed by atoms with E-state index in [9.17, 15) is 14.4 Å². The summed E-state index contributed by atoms with van der Waals surface area (Å²) in [6, 6.07) is 17.3. The first-order valence-electron chi connectivity index (χ1n) is 9.47. The molecule has 7 nitrogen and oxygen atoms in total. The minimum absolute atomic E-state index is 0.0467. The smallest absolute Gasteiger partial charge is 0.267 e. The normalized spacial score (nSPS) is 10.5. The molecule has 2 aromatic carbocycles. The van der Waals surface area contributed by atoms with E-state index in [-0.39, 0.29) is 11.5 Å². The summed E-state index contributed by atoms with van der Waals surface area (Å²) in [5.74, 6) is -0.660. The van der Waals surface area contributed by atoms with Gasteiger partial charge in [0.15, 0.2) is 0 Å². The number of carbonyl (C=O) groups is 2.